The van der Waals surface area contributed by atoms with Gasteiger partial charge in [-0.15, -0.1) is 0 Å². The summed E-state index contributed by atoms with van der Waals surface area (Å²) in [6.45, 7) is 0.711. The minimum atomic E-state index is -0.135. The van der Waals surface area contributed by atoms with Gasteiger partial charge >= 0.3 is 0 Å². The number of carbonyl (C=O) groups excluding carboxylic acids is 1. The maximum absolute atomic E-state index is 12.8. The van der Waals surface area contributed by atoms with E-state index >= 15 is 0 Å². The van der Waals surface area contributed by atoms with Crippen molar-refractivity contribution in [1.82, 2.24) is 10.6 Å². The maximum atomic E-state index is 12.8. The van der Waals surface area contributed by atoms with E-state index < -0.39 is 0 Å². The molecule has 0 radical (unpaired) electrons. The molecule has 1 saturated heterocycles. The molecule has 4 saturated carbocycles. The summed E-state index contributed by atoms with van der Waals surface area (Å²) < 4.78 is 5.99. The quantitative estimate of drug-likeness (QED) is 0.849. The van der Waals surface area contributed by atoms with E-state index in [4.69, 9.17) is 16.3 Å². The summed E-state index contributed by atoms with van der Waals surface area (Å²) in [5, 5.41) is 7.47. The molecular formula is C21H27ClN2O2. The molecule has 26 heavy (non-hydrogen) atoms. The highest BCUT2D eigenvalue weighted by molar-refractivity contribution is 6.30. The molecule has 2 N–H and O–H groups in total. The topological polar surface area (TPSA) is 50.4 Å². The summed E-state index contributed by atoms with van der Waals surface area (Å²) in [5.41, 5.74) is 0. The molecule has 140 valence electrons. The van der Waals surface area contributed by atoms with E-state index in [1.54, 1.807) is 0 Å². The molecule has 1 amide bonds. The number of benzene rings is 1. The summed E-state index contributed by atoms with van der Waals surface area (Å²) in [6.07, 6.45) is 7.53. The molecular weight excluding hydrogens is 348 g/mol. The van der Waals surface area contributed by atoms with Gasteiger partial charge in [-0.05, 0) is 80.0 Å². The predicted molar refractivity (Wildman–Crippen MR) is 101 cm³/mol. The zero-order chi connectivity index (χ0) is 17.7. The summed E-state index contributed by atoms with van der Waals surface area (Å²) in [5.74, 6) is 4.29. The van der Waals surface area contributed by atoms with Crippen molar-refractivity contribution in [3.8, 4) is 5.75 Å². The fourth-order valence-corrected chi connectivity index (χ4v) is 6.25. The van der Waals surface area contributed by atoms with Crippen molar-refractivity contribution in [2.75, 3.05) is 6.54 Å². The number of hydrogen-bond donors (Lipinski definition) is 2. The Bertz CT molecular complexity index is 649. The van der Waals surface area contributed by atoms with Crippen LogP contribution in [0.4, 0.5) is 0 Å². The summed E-state index contributed by atoms with van der Waals surface area (Å²) >= 11 is 5.92. The van der Waals surface area contributed by atoms with E-state index in [1.807, 2.05) is 24.3 Å². The lowest BCUT2D eigenvalue weighted by atomic mass is 9.54. The second-order valence-electron chi connectivity index (χ2n) is 8.86. The molecule has 1 aromatic carbocycles. The van der Waals surface area contributed by atoms with Crippen LogP contribution in [0.15, 0.2) is 24.3 Å². The fourth-order valence-electron chi connectivity index (χ4n) is 6.12. The monoisotopic (exact) mass is 374 g/mol. The molecule has 0 aromatic heterocycles. The predicted octanol–water partition coefficient (Wildman–Crippen LogP) is 3.39. The van der Waals surface area contributed by atoms with E-state index in [0.29, 0.717) is 17.6 Å². The third kappa shape index (κ3) is 3.22. The molecule has 1 aromatic rings. The standard InChI is InChI=1S/C21H27ClN2O2/c22-16-1-3-17(4-2-16)26-18-10-19(23-11-18)21(25)24-20-14-6-12-5-13(8-14)9-15(20)7-12/h1-4,12-15,18-20,23H,5-11H2,(H,24,25)/t12?,13?,14?,15?,18-,19-,20?/m0/s1. The van der Waals surface area contributed by atoms with Crippen LogP contribution >= 0.6 is 11.6 Å². The smallest absolute Gasteiger partial charge is 0.237 e. The Morgan fingerprint density at radius 1 is 1.00 bits per heavy atom. The van der Waals surface area contributed by atoms with Crippen molar-refractivity contribution in [2.24, 2.45) is 23.7 Å². The van der Waals surface area contributed by atoms with Gasteiger partial charge in [-0.1, -0.05) is 11.6 Å². The molecule has 2 atom stereocenters. The Morgan fingerprint density at radius 2 is 1.65 bits per heavy atom. The van der Waals surface area contributed by atoms with Crippen LogP contribution in [-0.2, 0) is 4.79 Å². The SMILES string of the molecule is O=C(NC1C2CC3CC(C2)CC1C3)[C@@H]1C[C@H](Oc2ccc(Cl)cc2)CN1. The Hall–Kier alpha value is -1.26. The zero-order valence-electron chi connectivity index (χ0n) is 15.0. The number of ether oxygens (including phenoxy) is 1. The second kappa shape index (κ2) is 6.72. The number of halogens is 1. The van der Waals surface area contributed by atoms with Gasteiger partial charge in [-0.25, -0.2) is 0 Å². The average molecular weight is 375 g/mol. The van der Waals surface area contributed by atoms with Crippen molar-refractivity contribution < 1.29 is 9.53 Å². The maximum Gasteiger partial charge on any atom is 0.237 e. The largest absolute Gasteiger partial charge is 0.489 e. The van der Waals surface area contributed by atoms with Crippen molar-refractivity contribution in [3.05, 3.63) is 29.3 Å². The molecule has 5 heteroatoms. The number of rotatable bonds is 4. The van der Waals surface area contributed by atoms with E-state index in [-0.39, 0.29) is 18.1 Å². The number of hydrogen-bond acceptors (Lipinski definition) is 3. The van der Waals surface area contributed by atoms with Crippen LogP contribution in [0.25, 0.3) is 0 Å². The van der Waals surface area contributed by atoms with Gasteiger partial charge in [-0.3, -0.25) is 4.79 Å². The van der Waals surface area contributed by atoms with E-state index in [1.165, 1.54) is 32.1 Å². The van der Waals surface area contributed by atoms with Crippen LogP contribution in [0.1, 0.15) is 38.5 Å². The number of carbonyl (C=O) groups is 1. The van der Waals surface area contributed by atoms with Crippen LogP contribution in [0.3, 0.4) is 0 Å². The number of nitrogens with one attached hydrogen (secondary N) is 2. The third-order valence-corrected chi connectivity index (χ3v) is 7.31. The number of amides is 1. The van der Waals surface area contributed by atoms with Gasteiger partial charge in [0.1, 0.15) is 11.9 Å². The highest BCUT2D eigenvalue weighted by Crippen LogP contribution is 2.53. The van der Waals surface area contributed by atoms with Crippen molar-refractivity contribution in [1.29, 1.82) is 0 Å². The minimum absolute atomic E-state index is 0.0328. The molecule has 1 heterocycles. The second-order valence-corrected chi connectivity index (χ2v) is 9.29. The first-order chi connectivity index (χ1) is 12.6. The third-order valence-electron chi connectivity index (χ3n) is 7.06. The van der Waals surface area contributed by atoms with Gasteiger partial charge < -0.3 is 15.4 Å². The molecule has 5 fully saturated rings. The first-order valence-electron chi connectivity index (χ1n) is 10.1. The van der Waals surface area contributed by atoms with Crippen LogP contribution < -0.4 is 15.4 Å². The average Bonchev–Trinajstić information content (AvgIpc) is 3.08. The molecule has 4 bridgehead atoms. The van der Waals surface area contributed by atoms with E-state index in [0.717, 1.165) is 35.8 Å². The highest BCUT2D eigenvalue weighted by atomic mass is 35.5. The molecule has 4 aliphatic carbocycles. The molecule has 1 aliphatic heterocycles. The van der Waals surface area contributed by atoms with Gasteiger partial charge in [0.05, 0.1) is 6.04 Å². The van der Waals surface area contributed by atoms with E-state index in [2.05, 4.69) is 10.6 Å². The Morgan fingerprint density at radius 3 is 2.31 bits per heavy atom. The lowest BCUT2D eigenvalue weighted by Crippen LogP contribution is -2.58. The Labute approximate surface area is 160 Å². The molecule has 5 aliphatic rings. The van der Waals surface area contributed by atoms with E-state index in [9.17, 15) is 4.79 Å². The van der Waals surface area contributed by atoms with Gasteiger partial charge in [-0.2, -0.15) is 0 Å². The Kier molecular flexibility index (Phi) is 4.36. The zero-order valence-corrected chi connectivity index (χ0v) is 15.8. The summed E-state index contributed by atoms with van der Waals surface area (Å²) in [4.78, 5) is 12.8. The summed E-state index contributed by atoms with van der Waals surface area (Å²) in [6, 6.07) is 7.69. The van der Waals surface area contributed by atoms with Crippen molar-refractivity contribution >= 4 is 17.5 Å². The lowest BCUT2D eigenvalue weighted by Gasteiger charge is -2.54. The van der Waals surface area contributed by atoms with Gasteiger partial charge in [0.25, 0.3) is 0 Å². The highest BCUT2D eigenvalue weighted by Gasteiger charge is 2.49. The van der Waals surface area contributed by atoms with Crippen molar-refractivity contribution in [3.63, 3.8) is 0 Å². The lowest BCUT2D eigenvalue weighted by molar-refractivity contribution is -0.126. The van der Waals surface area contributed by atoms with Crippen molar-refractivity contribution in [2.45, 2.75) is 56.7 Å². The first kappa shape index (κ1) is 16.9. The van der Waals surface area contributed by atoms with Crippen LogP contribution in [0, 0.1) is 23.7 Å². The minimum Gasteiger partial charge on any atom is -0.489 e. The molecule has 6 rings (SSSR count). The normalized spacial score (nSPS) is 40.6. The van der Waals surface area contributed by atoms with Crippen LogP contribution in [0.2, 0.25) is 5.02 Å². The van der Waals surface area contributed by atoms with Crippen LogP contribution in [0.5, 0.6) is 5.75 Å². The van der Waals surface area contributed by atoms with Crippen LogP contribution in [-0.4, -0.2) is 30.6 Å². The molecule has 0 spiro atoms. The van der Waals surface area contributed by atoms with Gasteiger partial charge in [0, 0.05) is 24.0 Å². The molecule has 4 nitrogen and oxygen atoms in total. The summed E-state index contributed by atoms with van der Waals surface area (Å²) in [7, 11) is 0. The fraction of sp³-hybridized carbons (Fsp3) is 0.667. The van der Waals surface area contributed by atoms with Gasteiger partial charge in [0.15, 0.2) is 0 Å². The Balaban J connectivity index is 1.16. The molecule has 0 unspecified atom stereocenters. The van der Waals surface area contributed by atoms with Gasteiger partial charge in [0.2, 0.25) is 5.91 Å². The first-order valence-corrected chi connectivity index (χ1v) is 10.5.